The fourth-order valence-electron chi connectivity index (χ4n) is 0.479. The molecule has 62 valence electrons. The maximum atomic E-state index is 10.2. The summed E-state index contributed by atoms with van der Waals surface area (Å²) >= 11 is 0. The summed E-state index contributed by atoms with van der Waals surface area (Å²) in [4.78, 5) is 20.2. The highest BCUT2D eigenvalue weighted by Crippen LogP contribution is 2.04. The first-order chi connectivity index (χ1) is 5.00. The Labute approximate surface area is 63.8 Å². The summed E-state index contributed by atoms with van der Waals surface area (Å²) in [5.41, 5.74) is 5.11. The molecule has 0 aliphatic rings. The average Bonchev–Trinajstić information content (AvgIpc) is 1.88. The van der Waals surface area contributed by atoms with Gasteiger partial charge in [0.05, 0.1) is 12.1 Å². The van der Waals surface area contributed by atoms with E-state index in [0.29, 0.717) is 0 Å². The summed E-state index contributed by atoms with van der Waals surface area (Å²) in [6.45, 7) is 3.08. The van der Waals surface area contributed by atoms with E-state index in [0.717, 1.165) is 0 Å². The van der Waals surface area contributed by atoms with E-state index in [2.05, 4.69) is 6.92 Å². The number of aliphatic hydroxyl groups excluding tert-OH is 1. The monoisotopic (exact) mass is 159 g/mol. The third kappa shape index (κ3) is 2.65. The van der Waals surface area contributed by atoms with Gasteiger partial charge in [-0.05, 0) is 6.92 Å². The average molecular weight is 159 g/mol. The van der Waals surface area contributed by atoms with E-state index >= 15 is 0 Å². The maximum absolute atomic E-state index is 10.2. The van der Waals surface area contributed by atoms with E-state index in [1.807, 2.05) is 0 Å². The zero-order valence-corrected chi connectivity index (χ0v) is 5.73. The molecule has 0 saturated heterocycles. The number of hydrogen-bond acceptors (Lipinski definition) is 4. The molecule has 0 heterocycles. The minimum absolute atomic E-state index is 0.0986. The number of carboxylic acid groups (broad SMARTS) is 1. The Morgan fingerprint density at radius 3 is 2.18 bits per heavy atom. The smallest absolute Gasteiger partial charge is 0.320 e. The first kappa shape index (κ1) is 10.1. The van der Waals surface area contributed by atoms with Gasteiger partial charge in [0.1, 0.15) is 6.29 Å². The Morgan fingerprint density at radius 2 is 2.09 bits per heavy atom. The number of nitrogens with two attached hydrogens (primary N) is 1. The van der Waals surface area contributed by atoms with Crippen LogP contribution in [0, 0.1) is 12.8 Å². The van der Waals surface area contributed by atoms with Gasteiger partial charge in [-0.3, -0.25) is 4.79 Å². The van der Waals surface area contributed by atoms with Crippen LogP contribution in [0.1, 0.15) is 0 Å². The van der Waals surface area contributed by atoms with Gasteiger partial charge in [-0.15, -0.1) is 0 Å². The molecule has 5 nitrogen and oxygen atoms in total. The van der Waals surface area contributed by atoms with Crippen LogP contribution in [-0.2, 0) is 9.59 Å². The summed E-state index contributed by atoms with van der Waals surface area (Å²) in [6, 6.07) is -1.23. The molecule has 0 fully saturated rings. The van der Waals surface area contributed by atoms with Gasteiger partial charge < -0.3 is 20.7 Å². The molecule has 0 aromatic rings. The third-order valence-corrected chi connectivity index (χ3v) is 1.15. The lowest BCUT2D eigenvalue weighted by Gasteiger charge is -2.16. The number of carbonyl (C=O) groups excluding carboxylic acids is 1. The Balaban J connectivity index is 4.25. The standard InChI is InChI=1S/C6H9NO4/c1-3(9)5(7)4(2-8)6(10)11/h2-3,5,9H,1,7H2,(H,10,11). The Hall–Kier alpha value is -0.940. The second kappa shape index (κ2) is 4.05. The second-order valence-corrected chi connectivity index (χ2v) is 1.97. The predicted molar refractivity (Wildman–Crippen MR) is 36.3 cm³/mol. The van der Waals surface area contributed by atoms with Gasteiger partial charge in [0.25, 0.3) is 0 Å². The predicted octanol–water partition coefficient (Wildman–Crippen LogP) is -1.63. The maximum Gasteiger partial charge on any atom is 0.320 e. The Morgan fingerprint density at radius 1 is 1.64 bits per heavy atom. The fraction of sp³-hybridized carbons (Fsp3) is 0.333. The van der Waals surface area contributed by atoms with Crippen LogP contribution in [0.4, 0.5) is 0 Å². The van der Waals surface area contributed by atoms with Crippen LogP contribution in [0.3, 0.4) is 0 Å². The minimum Gasteiger partial charge on any atom is -0.480 e. The lowest BCUT2D eigenvalue weighted by atomic mass is 9.98. The highest BCUT2D eigenvalue weighted by Gasteiger charge is 2.28. The van der Waals surface area contributed by atoms with E-state index in [9.17, 15) is 9.59 Å². The van der Waals surface area contributed by atoms with Crippen molar-refractivity contribution in [2.45, 2.75) is 12.1 Å². The number of aldehydes is 1. The van der Waals surface area contributed by atoms with Crippen molar-refractivity contribution < 1.29 is 19.8 Å². The van der Waals surface area contributed by atoms with Crippen LogP contribution in [0.15, 0.2) is 0 Å². The molecule has 0 aromatic carbocycles. The van der Waals surface area contributed by atoms with Crippen molar-refractivity contribution in [2.24, 2.45) is 5.73 Å². The number of aliphatic carboxylic acids is 1. The second-order valence-electron chi connectivity index (χ2n) is 1.97. The molecule has 0 bridgehead atoms. The molecule has 5 heteroatoms. The van der Waals surface area contributed by atoms with Crippen molar-refractivity contribution in [3.63, 3.8) is 0 Å². The molecule has 0 aliphatic heterocycles. The highest BCUT2D eigenvalue weighted by molar-refractivity contribution is 6.03. The van der Waals surface area contributed by atoms with Crippen molar-refractivity contribution in [2.75, 3.05) is 0 Å². The normalized spacial score (nSPS) is 16.0. The molecular formula is C6H9NO4. The molecule has 4 N–H and O–H groups in total. The van der Waals surface area contributed by atoms with Gasteiger partial charge in [0.2, 0.25) is 0 Å². The van der Waals surface area contributed by atoms with E-state index in [-0.39, 0.29) is 6.29 Å². The number of rotatable bonds is 4. The van der Waals surface area contributed by atoms with Crippen LogP contribution < -0.4 is 5.73 Å². The lowest BCUT2D eigenvalue weighted by molar-refractivity contribution is -0.136. The zero-order chi connectivity index (χ0) is 9.02. The van der Waals surface area contributed by atoms with E-state index in [1.54, 1.807) is 0 Å². The van der Waals surface area contributed by atoms with Gasteiger partial charge in [-0.25, -0.2) is 0 Å². The molecule has 0 rings (SSSR count). The van der Waals surface area contributed by atoms with Crippen LogP contribution in [0.5, 0.6) is 0 Å². The first-order valence-electron chi connectivity index (χ1n) is 2.82. The largest absolute Gasteiger partial charge is 0.480 e. The number of hydrogen-bond donors (Lipinski definition) is 3. The van der Waals surface area contributed by atoms with E-state index < -0.39 is 24.0 Å². The molecule has 2 unspecified atom stereocenters. The lowest BCUT2D eigenvalue weighted by Crippen LogP contribution is -2.42. The SMILES string of the molecule is [CH2]C(O)C(N)[C](C=O)C(=O)O. The van der Waals surface area contributed by atoms with Crippen LogP contribution in [0.25, 0.3) is 0 Å². The van der Waals surface area contributed by atoms with Gasteiger partial charge in [0.15, 0.2) is 5.92 Å². The Bertz CT molecular complexity index is 157. The summed E-state index contributed by atoms with van der Waals surface area (Å²) in [7, 11) is 0. The van der Waals surface area contributed by atoms with Gasteiger partial charge in [-0.2, -0.15) is 0 Å². The third-order valence-electron chi connectivity index (χ3n) is 1.15. The van der Waals surface area contributed by atoms with Crippen LogP contribution >= 0.6 is 0 Å². The zero-order valence-electron chi connectivity index (χ0n) is 5.73. The van der Waals surface area contributed by atoms with Crippen molar-refractivity contribution in [3.05, 3.63) is 12.8 Å². The van der Waals surface area contributed by atoms with E-state index in [4.69, 9.17) is 15.9 Å². The molecule has 0 aromatic heterocycles. The molecule has 0 spiro atoms. The summed E-state index contributed by atoms with van der Waals surface area (Å²) < 4.78 is 0. The van der Waals surface area contributed by atoms with Gasteiger partial charge in [-0.1, -0.05) is 0 Å². The van der Waals surface area contributed by atoms with Gasteiger partial charge in [0, 0.05) is 0 Å². The molecule has 2 atom stereocenters. The molecule has 0 aliphatic carbocycles. The molecule has 2 radical (unpaired) electrons. The summed E-state index contributed by atoms with van der Waals surface area (Å²) in [5.74, 6) is -2.01. The van der Waals surface area contributed by atoms with Crippen molar-refractivity contribution in [1.82, 2.24) is 0 Å². The highest BCUT2D eigenvalue weighted by atomic mass is 16.4. The molecule has 0 saturated carbocycles. The first-order valence-corrected chi connectivity index (χ1v) is 2.82. The minimum atomic E-state index is -1.43. The number of carbonyl (C=O) groups is 2. The Kier molecular flexibility index (Phi) is 3.70. The van der Waals surface area contributed by atoms with Crippen molar-refractivity contribution >= 4 is 12.3 Å². The number of carboxylic acids is 1. The summed E-state index contributed by atoms with van der Waals surface area (Å²) in [5, 5.41) is 17.0. The van der Waals surface area contributed by atoms with Crippen LogP contribution in [0.2, 0.25) is 0 Å². The van der Waals surface area contributed by atoms with Crippen molar-refractivity contribution in [3.8, 4) is 0 Å². The van der Waals surface area contributed by atoms with Crippen molar-refractivity contribution in [1.29, 1.82) is 0 Å². The van der Waals surface area contributed by atoms with E-state index in [1.165, 1.54) is 0 Å². The topological polar surface area (TPSA) is 101 Å². The molecular weight excluding hydrogens is 150 g/mol. The molecule has 0 amide bonds. The molecule has 11 heavy (non-hydrogen) atoms. The van der Waals surface area contributed by atoms with Gasteiger partial charge >= 0.3 is 5.97 Å². The number of aliphatic hydroxyl groups is 1. The fourth-order valence-corrected chi connectivity index (χ4v) is 0.479. The summed E-state index contributed by atoms with van der Waals surface area (Å²) in [6.07, 6.45) is -1.19. The van der Waals surface area contributed by atoms with Crippen LogP contribution in [-0.4, -0.2) is 34.6 Å². The quantitative estimate of drug-likeness (QED) is 0.337.